The number of aromatic nitrogens is 8. The predicted molar refractivity (Wildman–Crippen MR) is 422 cm³/mol. The minimum absolute atomic E-state index is 0.0434. The Bertz CT molecular complexity index is 5690. The van der Waals surface area contributed by atoms with E-state index in [1.807, 2.05) is 91.9 Å². The summed E-state index contributed by atoms with van der Waals surface area (Å²) in [5, 5.41) is 15.9. The number of unbranched alkanes of at least 4 members (excludes halogenated alkanes) is 1. The van der Waals surface area contributed by atoms with Gasteiger partial charge in [-0.05, 0) is 129 Å². The zero-order chi connectivity index (χ0) is 74.7. The van der Waals surface area contributed by atoms with Crippen LogP contribution in [0.2, 0.25) is 0 Å². The molecule has 0 unspecified atom stereocenters. The molecule has 552 valence electrons. The number of Topliss-reactive ketones (excluding diaryl/α,β-unsaturated/α-hetero) is 4. The lowest BCUT2D eigenvalue weighted by Crippen LogP contribution is -2.35. The van der Waals surface area contributed by atoms with Gasteiger partial charge in [0.15, 0.2) is 23.1 Å². The van der Waals surface area contributed by atoms with Gasteiger partial charge in [0.2, 0.25) is 10.0 Å². The zero-order valence-electron chi connectivity index (χ0n) is 61.3. The molecule has 8 aromatic carbocycles. The van der Waals surface area contributed by atoms with E-state index in [4.69, 9.17) is 24.7 Å². The number of carbonyl (C=O) groups is 4. The fourth-order valence-electron chi connectivity index (χ4n) is 15.8. The van der Waals surface area contributed by atoms with Gasteiger partial charge in [-0.15, -0.1) is 0 Å². The van der Waals surface area contributed by atoms with Gasteiger partial charge in [-0.3, -0.25) is 33.9 Å². The van der Waals surface area contributed by atoms with E-state index in [-0.39, 0.29) is 29.7 Å². The van der Waals surface area contributed by atoms with E-state index in [0.717, 1.165) is 185 Å². The number of anilines is 4. The van der Waals surface area contributed by atoms with Crippen molar-refractivity contribution in [1.82, 2.24) is 58.9 Å². The number of hydrogen-bond acceptors (Lipinski definition) is 22. The summed E-state index contributed by atoms with van der Waals surface area (Å²) in [6.07, 6.45) is 6.87. The van der Waals surface area contributed by atoms with Crippen molar-refractivity contribution >= 4 is 100 Å². The number of fused-ring (bicyclic) bond motifs is 2. The predicted octanol–water partition coefficient (Wildman–Crippen LogP) is 12.2. The van der Waals surface area contributed by atoms with Crippen molar-refractivity contribution in [2.75, 3.05) is 93.8 Å². The first-order chi connectivity index (χ1) is 53.1. The third kappa shape index (κ3) is 15.4. The van der Waals surface area contributed by atoms with Gasteiger partial charge in [0.25, 0.3) is 0 Å². The molecule has 19 rings (SSSR count). The Morgan fingerprint density at radius 2 is 0.872 bits per heavy atom. The molecule has 1 saturated heterocycles. The molecule has 0 atom stereocenters. The number of aryl methyl sites for hydroxylation is 4. The van der Waals surface area contributed by atoms with Crippen LogP contribution in [0.5, 0.6) is 5.75 Å². The molecule has 0 saturated carbocycles. The smallest absolute Gasteiger partial charge is 0.243 e. The molecule has 1 fully saturated rings. The number of nitrogens with zero attached hydrogens (tertiary/aromatic N) is 12. The molecule has 7 aliphatic rings. The van der Waals surface area contributed by atoms with Crippen LogP contribution in [0.25, 0.3) is 43.6 Å². The Labute approximate surface area is 632 Å². The van der Waals surface area contributed by atoms with Gasteiger partial charge in [0, 0.05) is 80.1 Å². The summed E-state index contributed by atoms with van der Waals surface area (Å²) in [6, 6.07) is 53.2. The summed E-state index contributed by atoms with van der Waals surface area (Å²) >= 11 is 0. The summed E-state index contributed by atoms with van der Waals surface area (Å²) in [6.45, 7) is 13.1. The molecule has 4 aromatic heterocycles. The molecule has 4 N–H and O–H groups in total. The van der Waals surface area contributed by atoms with Crippen molar-refractivity contribution in [1.29, 1.82) is 0 Å². The van der Waals surface area contributed by atoms with Crippen molar-refractivity contribution in [3.63, 3.8) is 0 Å². The van der Waals surface area contributed by atoms with Crippen LogP contribution < -0.4 is 26.0 Å². The van der Waals surface area contributed by atoms with E-state index in [1.54, 1.807) is 29.6 Å². The molecule has 23 nitrogen and oxygen atoms in total. The molecule has 0 radical (unpaired) electrons. The van der Waals surface area contributed by atoms with E-state index in [2.05, 4.69) is 123 Å². The van der Waals surface area contributed by atoms with Crippen LogP contribution in [0, 0.1) is 13.8 Å². The fourth-order valence-corrected chi connectivity index (χ4v) is 17.3. The van der Waals surface area contributed by atoms with Gasteiger partial charge < -0.3 is 26.0 Å². The maximum Gasteiger partial charge on any atom is 0.243 e. The molecule has 24 heteroatoms. The van der Waals surface area contributed by atoms with Crippen molar-refractivity contribution in [2.24, 2.45) is 0 Å². The van der Waals surface area contributed by atoms with Crippen molar-refractivity contribution in [3.8, 4) is 5.75 Å². The molecule has 12 aromatic rings. The zero-order valence-corrected chi connectivity index (χ0v) is 62.1. The van der Waals surface area contributed by atoms with Gasteiger partial charge in [-0.2, -0.15) is 4.31 Å². The number of hydrogen-bond donors (Lipinski definition) is 4. The standard InChI is InChI=1S/C23H25N5O3S.C22H22N4O2.C20H18N4O.C20H19N3O/c1-16-5-2-6-17(13-16)32(30,31)28-10-4-9-27(11-12-28)15-21-25-19-8-3-7-18-20(29)14-24-23(26-21)22(18)19;1-13-6-7-14-11-26(9-8-15(14)21(13)28-2)12-19-24-17-5-3-4-16-18(27)10-23-22(25-19)20(16)17;25-17-10-21-20-19-15(17)6-3-7-16(19)22-18(23-20)12-24-9-8-13-4-1-2-5-14(13)11-24;24-17-13-21-20-19-15(17)10-6-11-16(19)22-18(23-20)12-5-4-9-14-7-2-1-3-8-14/h2-3,5-8,13H,4,9-12,14-15H2,1H3,(H,24,25,26);3-7H,8-12H2,1-2H3,(H,23,24,25);1-7H,8-12H2,(H,21,22,23);1-3,6-8,10-11H,4-5,9,12-13H2,(H,21,22,23). The summed E-state index contributed by atoms with van der Waals surface area (Å²) in [5.41, 5.74) is 15.1. The highest BCUT2D eigenvalue weighted by atomic mass is 32.2. The van der Waals surface area contributed by atoms with Gasteiger partial charge >= 0.3 is 0 Å². The van der Waals surface area contributed by atoms with Crippen LogP contribution in [0.1, 0.15) is 123 Å². The summed E-state index contributed by atoms with van der Waals surface area (Å²) < 4.78 is 33.4. The number of methoxy groups -OCH3 is 1. The largest absolute Gasteiger partial charge is 0.496 e. The van der Waals surface area contributed by atoms with E-state index >= 15 is 0 Å². The van der Waals surface area contributed by atoms with Gasteiger partial charge in [0.1, 0.15) is 52.3 Å². The molecule has 7 aliphatic heterocycles. The number of ether oxygens (including phenoxy) is 1. The Morgan fingerprint density at radius 1 is 0.413 bits per heavy atom. The lowest BCUT2D eigenvalue weighted by atomic mass is 9.96. The highest BCUT2D eigenvalue weighted by Gasteiger charge is 2.31. The second-order valence-corrected chi connectivity index (χ2v) is 30.6. The Morgan fingerprint density at radius 3 is 1.39 bits per heavy atom. The van der Waals surface area contributed by atoms with Gasteiger partial charge in [0.05, 0.1) is 101 Å². The SMILES string of the molecule is COc1c(C)ccc2c1CCN(Cc1nc3c4c(cccc4n1)C(=O)CN3)C2.Cc1cccc(S(=O)(=O)N2CCCN(Cc3nc4c5c(cccc5n3)C(=O)CN4)CC2)c1.O=C1CNc2nc(CCCCc3ccccc3)nc3cccc1c23.O=C1CNc2nc(CN3CCc4ccccc4C3)nc3cccc1c23. The van der Waals surface area contributed by atoms with E-state index in [9.17, 15) is 27.6 Å². The normalized spacial score (nSPS) is 16.0. The number of benzene rings is 8. The maximum absolute atomic E-state index is 13.1. The Hall–Kier alpha value is -11.4. The van der Waals surface area contributed by atoms with Crippen molar-refractivity contribution in [3.05, 3.63) is 248 Å². The summed E-state index contributed by atoms with van der Waals surface area (Å²) in [7, 11) is -1.77. The molecule has 0 aliphatic carbocycles. The first-order valence-electron chi connectivity index (χ1n) is 37.4. The van der Waals surface area contributed by atoms with Gasteiger partial charge in [-0.25, -0.2) is 48.3 Å². The lowest BCUT2D eigenvalue weighted by Gasteiger charge is -2.30. The van der Waals surface area contributed by atoms with Crippen molar-refractivity contribution < 1.29 is 32.3 Å². The quantitative estimate of drug-likeness (QED) is 0.0736. The molecule has 0 spiro atoms. The highest BCUT2D eigenvalue weighted by molar-refractivity contribution is 7.89. The van der Waals surface area contributed by atoms with E-state index < -0.39 is 10.0 Å². The molecule has 0 bridgehead atoms. The van der Waals surface area contributed by atoms with E-state index in [1.165, 1.54) is 33.4 Å². The third-order valence-corrected chi connectivity index (χ3v) is 23.1. The van der Waals surface area contributed by atoms with Crippen LogP contribution in [0.15, 0.2) is 169 Å². The molecular formula is C85H84N16O7S. The average molecular weight is 1470 g/mol. The van der Waals surface area contributed by atoms with Crippen molar-refractivity contribution in [2.45, 2.75) is 96.4 Å². The van der Waals surface area contributed by atoms with Gasteiger partial charge in [-0.1, -0.05) is 127 Å². The second kappa shape index (κ2) is 31.4. The molecular weight excluding hydrogens is 1390 g/mol. The average Bonchev–Trinajstić information content (AvgIpc) is 1.06. The lowest BCUT2D eigenvalue weighted by molar-refractivity contribution is 0.0998. The molecule has 109 heavy (non-hydrogen) atoms. The number of carbonyl (C=O) groups excluding carboxylic acids is 4. The maximum atomic E-state index is 13.1. The number of sulfonamides is 1. The Kier molecular flexibility index (Phi) is 20.7. The van der Waals surface area contributed by atoms with Crippen LogP contribution in [0.4, 0.5) is 23.3 Å². The number of nitrogens with one attached hydrogen (secondary N) is 4. The molecule has 11 heterocycles. The third-order valence-electron chi connectivity index (χ3n) is 21.2. The van der Waals surface area contributed by atoms with Crippen LogP contribution in [-0.4, -0.2) is 163 Å². The topological polar surface area (TPSA) is 276 Å². The first-order valence-corrected chi connectivity index (χ1v) is 38.9. The Balaban J connectivity index is 0.000000111. The number of rotatable bonds is 14. The minimum atomic E-state index is -3.51. The van der Waals surface area contributed by atoms with Crippen LogP contribution in [0.3, 0.4) is 0 Å². The first kappa shape index (κ1) is 71.8. The minimum Gasteiger partial charge on any atom is -0.496 e. The molecule has 0 amide bonds. The summed E-state index contributed by atoms with van der Waals surface area (Å²) in [4.78, 5) is 93.2. The van der Waals surface area contributed by atoms with Crippen LogP contribution in [-0.2, 0) is 68.4 Å². The number of ketones is 4. The summed E-state index contributed by atoms with van der Waals surface area (Å²) in [5.74, 6) is 7.51. The fraction of sp³-hybridized carbons (Fsp3) is 0.294. The highest BCUT2D eigenvalue weighted by Crippen LogP contribution is 2.36. The van der Waals surface area contributed by atoms with E-state index in [0.29, 0.717) is 80.0 Å². The second-order valence-electron chi connectivity index (χ2n) is 28.6. The monoisotopic (exact) mass is 1470 g/mol. The van der Waals surface area contributed by atoms with Crippen LogP contribution >= 0.6 is 0 Å².